The summed E-state index contributed by atoms with van der Waals surface area (Å²) < 4.78 is 0. The van der Waals surface area contributed by atoms with Gasteiger partial charge in [-0.15, -0.1) is 0 Å². The van der Waals surface area contributed by atoms with Gasteiger partial charge in [0.05, 0.1) is 0 Å². The van der Waals surface area contributed by atoms with Crippen molar-refractivity contribution in [1.82, 2.24) is 10.6 Å². The normalized spacial score (nSPS) is 37.0. The molecule has 0 amide bonds. The molecular formula is C13H26N2. The lowest BCUT2D eigenvalue weighted by Crippen LogP contribution is -2.37. The van der Waals surface area contributed by atoms with Gasteiger partial charge in [0, 0.05) is 0 Å². The van der Waals surface area contributed by atoms with E-state index in [2.05, 4.69) is 17.6 Å². The average Bonchev–Trinajstić information content (AvgIpc) is 2.66. The molecule has 1 aliphatic carbocycles. The van der Waals surface area contributed by atoms with Crippen molar-refractivity contribution in [3.05, 3.63) is 0 Å². The fraction of sp³-hybridized carbons (Fsp3) is 1.00. The highest BCUT2D eigenvalue weighted by atomic mass is 14.9. The van der Waals surface area contributed by atoms with Gasteiger partial charge in [0.2, 0.25) is 0 Å². The molecule has 1 heterocycles. The highest BCUT2D eigenvalue weighted by molar-refractivity contribution is 4.77. The van der Waals surface area contributed by atoms with Crippen LogP contribution in [-0.4, -0.2) is 26.2 Å². The van der Waals surface area contributed by atoms with Crippen molar-refractivity contribution in [2.24, 2.45) is 17.8 Å². The first-order chi connectivity index (χ1) is 7.36. The van der Waals surface area contributed by atoms with Crippen LogP contribution in [0.5, 0.6) is 0 Å². The molecule has 2 aliphatic rings. The Kier molecular flexibility index (Phi) is 4.45. The van der Waals surface area contributed by atoms with Crippen LogP contribution < -0.4 is 10.6 Å². The first-order valence-corrected chi connectivity index (χ1v) is 6.77. The molecule has 0 aromatic rings. The standard InChI is InChI=1S/C13H26N2/c1-11-4-2-6-13(11)10-15-9-12-5-3-7-14-8-12/h11-15H,2-10H2,1H3. The number of hydrogen-bond donors (Lipinski definition) is 2. The van der Waals surface area contributed by atoms with E-state index in [0.29, 0.717) is 0 Å². The minimum atomic E-state index is 0.885. The highest BCUT2D eigenvalue weighted by Crippen LogP contribution is 2.30. The maximum absolute atomic E-state index is 3.69. The van der Waals surface area contributed by atoms with Crippen molar-refractivity contribution in [1.29, 1.82) is 0 Å². The topological polar surface area (TPSA) is 24.1 Å². The molecule has 3 atom stereocenters. The Balaban J connectivity index is 1.57. The van der Waals surface area contributed by atoms with Gasteiger partial charge in [-0.2, -0.15) is 0 Å². The van der Waals surface area contributed by atoms with Crippen LogP contribution in [0.4, 0.5) is 0 Å². The summed E-state index contributed by atoms with van der Waals surface area (Å²) in [5, 5.41) is 7.17. The van der Waals surface area contributed by atoms with E-state index in [1.165, 1.54) is 58.3 Å². The Labute approximate surface area is 94.2 Å². The second-order valence-electron chi connectivity index (χ2n) is 5.54. The van der Waals surface area contributed by atoms with Gasteiger partial charge in [-0.3, -0.25) is 0 Å². The number of hydrogen-bond acceptors (Lipinski definition) is 2. The molecule has 0 aromatic heterocycles. The molecule has 1 saturated carbocycles. The lowest BCUT2D eigenvalue weighted by Gasteiger charge is -2.24. The second kappa shape index (κ2) is 5.86. The number of rotatable bonds is 4. The monoisotopic (exact) mass is 210 g/mol. The Hall–Kier alpha value is -0.0800. The third-order valence-electron chi connectivity index (χ3n) is 4.28. The Morgan fingerprint density at radius 3 is 2.73 bits per heavy atom. The Morgan fingerprint density at radius 2 is 2.07 bits per heavy atom. The summed E-state index contributed by atoms with van der Waals surface area (Å²) in [6.07, 6.45) is 7.15. The quantitative estimate of drug-likeness (QED) is 0.742. The molecule has 0 bridgehead atoms. The third kappa shape index (κ3) is 3.46. The van der Waals surface area contributed by atoms with Gasteiger partial charge in [-0.05, 0) is 63.2 Å². The summed E-state index contributed by atoms with van der Waals surface area (Å²) in [5.74, 6) is 2.80. The molecule has 2 fully saturated rings. The van der Waals surface area contributed by atoms with Crippen molar-refractivity contribution in [2.75, 3.05) is 26.2 Å². The molecule has 2 rings (SSSR count). The van der Waals surface area contributed by atoms with E-state index in [1.807, 2.05) is 0 Å². The lowest BCUT2D eigenvalue weighted by molar-refractivity contribution is 0.332. The summed E-state index contributed by atoms with van der Waals surface area (Å²) in [7, 11) is 0. The van der Waals surface area contributed by atoms with Crippen molar-refractivity contribution < 1.29 is 0 Å². The molecule has 0 spiro atoms. The maximum atomic E-state index is 3.69. The fourth-order valence-electron chi connectivity index (χ4n) is 3.10. The molecule has 3 unspecified atom stereocenters. The molecule has 0 aromatic carbocycles. The zero-order chi connectivity index (χ0) is 10.5. The molecule has 15 heavy (non-hydrogen) atoms. The van der Waals surface area contributed by atoms with E-state index in [1.54, 1.807) is 0 Å². The average molecular weight is 210 g/mol. The second-order valence-corrected chi connectivity index (χ2v) is 5.54. The van der Waals surface area contributed by atoms with Gasteiger partial charge < -0.3 is 10.6 Å². The fourth-order valence-corrected chi connectivity index (χ4v) is 3.10. The maximum Gasteiger partial charge on any atom is -0.000825 e. The number of nitrogens with one attached hydrogen (secondary N) is 2. The van der Waals surface area contributed by atoms with Crippen LogP contribution >= 0.6 is 0 Å². The molecule has 1 aliphatic heterocycles. The van der Waals surface area contributed by atoms with Crippen molar-refractivity contribution in [2.45, 2.75) is 39.0 Å². The Bertz CT molecular complexity index is 175. The lowest BCUT2D eigenvalue weighted by atomic mass is 9.96. The van der Waals surface area contributed by atoms with Gasteiger partial charge >= 0.3 is 0 Å². The first-order valence-electron chi connectivity index (χ1n) is 6.77. The van der Waals surface area contributed by atoms with Gasteiger partial charge in [-0.1, -0.05) is 19.8 Å². The van der Waals surface area contributed by atoms with Crippen LogP contribution in [0.3, 0.4) is 0 Å². The van der Waals surface area contributed by atoms with Crippen LogP contribution in [0, 0.1) is 17.8 Å². The molecule has 2 nitrogen and oxygen atoms in total. The van der Waals surface area contributed by atoms with Crippen molar-refractivity contribution in [3.8, 4) is 0 Å². The van der Waals surface area contributed by atoms with E-state index in [0.717, 1.165) is 17.8 Å². The zero-order valence-electron chi connectivity index (χ0n) is 10.1. The summed E-state index contributed by atoms with van der Waals surface area (Å²) in [6, 6.07) is 0. The van der Waals surface area contributed by atoms with Crippen LogP contribution in [-0.2, 0) is 0 Å². The van der Waals surface area contributed by atoms with Gasteiger partial charge in [0.15, 0.2) is 0 Å². The molecular weight excluding hydrogens is 184 g/mol. The van der Waals surface area contributed by atoms with Crippen molar-refractivity contribution >= 4 is 0 Å². The molecule has 88 valence electrons. The summed E-state index contributed by atoms with van der Waals surface area (Å²) in [4.78, 5) is 0. The summed E-state index contributed by atoms with van der Waals surface area (Å²) >= 11 is 0. The minimum Gasteiger partial charge on any atom is -0.316 e. The van der Waals surface area contributed by atoms with Gasteiger partial charge in [0.1, 0.15) is 0 Å². The smallest absolute Gasteiger partial charge is 0.000825 e. The minimum absolute atomic E-state index is 0.885. The van der Waals surface area contributed by atoms with Gasteiger partial charge in [0.25, 0.3) is 0 Å². The zero-order valence-corrected chi connectivity index (χ0v) is 10.1. The van der Waals surface area contributed by atoms with Crippen molar-refractivity contribution in [3.63, 3.8) is 0 Å². The summed E-state index contributed by atoms with van der Waals surface area (Å²) in [6.45, 7) is 7.37. The SMILES string of the molecule is CC1CCCC1CNCC1CCCNC1. The molecule has 0 radical (unpaired) electrons. The molecule has 2 N–H and O–H groups in total. The van der Waals surface area contributed by atoms with E-state index in [-0.39, 0.29) is 0 Å². The predicted octanol–water partition coefficient (Wildman–Crippen LogP) is 2.01. The van der Waals surface area contributed by atoms with Crippen LogP contribution in [0.2, 0.25) is 0 Å². The van der Waals surface area contributed by atoms with E-state index >= 15 is 0 Å². The Morgan fingerprint density at radius 1 is 1.13 bits per heavy atom. The number of piperidine rings is 1. The first kappa shape index (κ1) is 11.4. The van der Waals surface area contributed by atoms with E-state index < -0.39 is 0 Å². The highest BCUT2D eigenvalue weighted by Gasteiger charge is 2.23. The van der Waals surface area contributed by atoms with Gasteiger partial charge in [-0.25, -0.2) is 0 Å². The van der Waals surface area contributed by atoms with Crippen LogP contribution in [0.1, 0.15) is 39.0 Å². The summed E-state index contributed by atoms with van der Waals surface area (Å²) in [5.41, 5.74) is 0. The largest absolute Gasteiger partial charge is 0.316 e. The predicted molar refractivity (Wildman–Crippen MR) is 65.0 cm³/mol. The van der Waals surface area contributed by atoms with Crippen LogP contribution in [0.25, 0.3) is 0 Å². The molecule has 2 heteroatoms. The van der Waals surface area contributed by atoms with E-state index in [9.17, 15) is 0 Å². The molecule has 1 saturated heterocycles. The van der Waals surface area contributed by atoms with Crippen LogP contribution in [0.15, 0.2) is 0 Å². The van der Waals surface area contributed by atoms with E-state index in [4.69, 9.17) is 0 Å². The third-order valence-corrected chi connectivity index (χ3v) is 4.28.